The number of hydrogen-bond donors (Lipinski definition) is 1. The third-order valence-electron chi connectivity index (χ3n) is 1.93. The summed E-state index contributed by atoms with van der Waals surface area (Å²) in [7, 11) is 0. The molecule has 1 nitrogen and oxygen atoms in total. The highest BCUT2D eigenvalue weighted by atomic mass is 35.5. The van der Waals surface area contributed by atoms with E-state index in [1.165, 1.54) is 5.56 Å². The van der Waals surface area contributed by atoms with Crippen molar-refractivity contribution in [2.24, 2.45) is 0 Å². The van der Waals surface area contributed by atoms with Crippen LogP contribution in [0.25, 0.3) is 0 Å². The molecule has 0 spiro atoms. The smallest absolute Gasteiger partial charge is 0.0432 e. The first kappa shape index (κ1) is 21.6. The van der Waals surface area contributed by atoms with E-state index in [4.69, 9.17) is 34.8 Å². The Labute approximate surface area is 138 Å². The van der Waals surface area contributed by atoms with Crippen LogP contribution in [0.3, 0.4) is 0 Å². The number of rotatable bonds is 5. The van der Waals surface area contributed by atoms with Gasteiger partial charge in [-0.05, 0) is 51.4 Å². The molecule has 1 rings (SSSR count). The van der Waals surface area contributed by atoms with Gasteiger partial charge in [0.1, 0.15) is 0 Å². The number of benzene rings is 1. The molecular formula is C14H23Cl4N. The summed E-state index contributed by atoms with van der Waals surface area (Å²) in [6.07, 6.45) is 1.01. The Hall–Kier alpha value is 0.340. The molecule has 0 aliphatic rings. The second-order valence-corrected chi connectivity index (χ2v) is 6.43. The van der Waals surface area contributed by atoms with Gasteiger partial charge in [0.2, 0.25) is 0 Å². The van der Waals surface area contributed by atoms with Gasteiger partial charge in [-0.25, -0.2) is 0 Å². The topological polar surface area (TPSA) is 12.0 Å². The average molecular weight is 347 g/mol. The van der Waals surface area contributed by atoms with E-state index in [1.807, 2.05) is 45.0 Å². The van der Waals surface area contributed by atoms with Gasteiger partial charge in [0, 0.05) is 22.3 Å². The monoisotopic (exact) mass is 345 g/mol. The van der Waals surface area contributed by atoms with Crippen molar-refractivity contribution < 1.29 is 0 Å². The lowest BCUT2D eigenvalue weighted by molar-refractivity contribution is 0.675. The average Bonchev–Trinajstić information content (AvgIpc) is 2.26. The quantitative estimate of drug-likeness (QED) is 0.573. The van der Waals surface area contributed by atoms with Gasteiger partial charge in [-0.1, -0.05) is 23.7 Å². The highest BCUT2D eigenvalue weighted by Crippen LogP contribution is 2.09. The fourth-order valence-electron chi connectivity index (χ4n) is 1.18. The van der Waals surface area contributed by atoms with Gasteiger partial charge >= 0.3 is 0 Å². The Bertz CT molecular complexity index is 296. The summed E-state index contributed by atoms with van der Waals surface area (Å²) in [5.74, 6) is 0. The Morgan fingerprint density at radius 2 is 1.53 bits per heavy atom. The third-order valence-corrected chi connectivity index (χ3v) is 2.34. The molecule has 1 unspecified atom stereocenters. The molecule has 112 valence electrons. The van der Waals surface area contributed by atoms with Crippen molar-refractivity contribution in [2.75, 3.05) is 13.1 Å². The minimum absolute atomic E-state index is 0. The zero-order valence-electron chi connectivity index (χ0n) is 11.6. The second-order valence-electron chi connectivity index (χ2n) is 4.38. The molecule has 1 N–H and O–H groups in total. The van der Waals surface area contributed by atoms with Gasteiger partial charge in [-0.15, -0.1) is 35.6 Å². The summed E-state index contributed by atoms with van der Waals surface area (Å²) in [6, 6.07) is 7.93. The first-order chi connectivity index (χ1) is 8.41. The highest BCUT2D eigenvalue weighted by Gasteiger charge is 1.96. The fraction of sp³-hybridized carbons (Fsp3) is 0.571. The number of halogens is 4. The van der Waals surface area contributed by atoms with E-state index < -0.39 is 0 Å². The summed E-state index contributed by atoms with van der Waals surface area (Å²) in [5.41, 5.74) is 1.30. The lowest BCUT2D eigenvalue weighted by Crippen LogP contribution is -2.23. The predicted octanol–water partition coefficient (Wildman–Crippen LogP) is 5.15. The molecule has 5 heteroatoms. The van der Waals surface area contributed by atoms with Crippen molar-refractivity contribution >= 4 is 47.2 Å². The zero-order chi connectivity index (χ0) is 14.0. The van der Waals surface area contributed by atoms with Crippen LogP contribution >= 0.6 is 47.2 Å². The SMILES string of the molecule is CC(C)Cl.CC(Cl)CNCCc1ccc(Cl)cc1.Cl. The fourth-order valence-corrected chi connectivity index (χ4v) is 1.42. The van der Waals surface area contributed by atoms with Crippen molar-refractivity contribution in [3.05, 3.63) is 34.9 Å². The lowest BCUT2D eigenvalue weighted by atomic mass is 10.1. The van der Waals surface area contributed by atoms with Crippen molar-refractivity contribution in [2.45, 2.75) is 37.9 Å². The molecule has 1 aromatic carbocycles. The molecule has 0 aliphatic carbocycles. The van der Waals surface area contributed by atoms with Crippen LogP contribution in [0, 0.1) is 0 Å². The standard InChI is InChI=1S/C11H15Cl2N.C3H7Cl.ClH/c1-9(12)8-14-7-6-10-2-4-11(13)5-3-10;1-3(2)4;/h2-5,9,14H,6-8H2,1H3;3H,1-2H3;1H. The molecule has 19 heavy (non-hydrogen) atoms. The van der Waals surface area contributed by atoms with Crippen LogP contribution in [0.4, 0.5) is 0 Å². The highest BCUT2D eigenvalue weighted by molar-refractivity contribution is 6.30. The summed E-state index contributed by atoms with van der Waals surface area (Å²) in [6.45, 7) is 7.66. The Morgan fingerprint density at radius 3 is 1.95 bits per heavy atom. The van der Waals surface area contributed by atoms with Crippen molar-refractivity contribution in [1.29, 1.82) is 0 Å². The molecular weight excluding hydrogens is 324 g/mol. The van der Waals surface area contributed by atoms with Gasteiger partial charge in [0.25, 0.3) is 0 Å². The lowest BCUT2D eigenvalue weighted by Gasteiger charge is -2.05. The van der Waals surface area contributed by atoms with Crippen LogP contribution in [-0.2, 0) is 6.42 Å². The molecule has 0 aromatic heterocycles. The Kier molecular flexibility index (Phi) is 15.2. The zero-order valence-corrected chi connectivity index (χ0v) is 14.7. The van der Waals surface area contributed by atoms with E-state index in [2.05, 4.69) is 5.32 Å². The number of hydrogen-bond acceptors (Lipinski definition) is 1. The molecule has 0 saturated heterocycles. The van der Waals surface area contributed by atoms with Gasteiger partial charge < -0.3 is 5.32 Å². The van der Waals surface area contributed by atoms with Gasteiger partial charge in [0.05, 0.1) is 0 Å². The van der Waals surface area contributed by atoms with Crippen LogP contribution in [-0.4, -0.2) is 23.8 Å². The molecule has 0 fully saturated rings. The minimum Gasteiger partial charge on any atom is -0.315 e. The maximum absolute atomic E-state index is 5.80. The summed E-state index contributed by atoms with van der Waals surface area (Å²) >= 11 is 16.9. The largest absolute Gasteiger partial charge is 0.315 e. The van der Waals surface area contributed by atoms with E-state index in [-0.39, 0.29) is 17.8 Å². The molecule has 1 aromatic rings. The molecule has 0 aliphatic heterocycles. The maximum atomic E-state index is 5.80. The van der Waals surface area contributed by atoms with Gasteiger partial charge in [0.15, 0.2) is 0 Å². The minimum atomic E-state index is 0. The van der Waals surface area contributed by atoms with E-state index in [0.29, 0.717) is 5.38 Å². The maximum Gasteiger partial charge on any atom is 0.0432 e. The van der Waals surface area contributed by atoms with E-state index >= 15 is 0 Å². The van der Waals surface area contributed by atoms with E-state index in [0.717, 1.165) is 24.5 Å². The van der Waals surface area contributed by atoms with Crippen LogP contribution in [0.2, 0.25) is 5.02 Å². The predicted molar refractivity (Wildman–Crippen MR) is 91.6 cm³/mol. The number of nitrogens with one attached hydrogen (secondary N) is 1. The Morgan fingerprint density at radius 1 is 1.05 bits per heavy atom. The van der Waals surface area contributed by atoms with E-state index in [1.54, 1.807) is 0 Å². The van der Waals surface area contributed by atoms with Crippen molar-refractivity contribution in [3.8, 4) is 0 Å². The summed E-state index contributed by atoms with van der Waals surface area (Å²) in [4.78, 5) is 0. The second kappa shape index (κ2) is 13.3. The van der Waals surface area contributed by atoms with Gasteiger partial charge in [-0.3, -0.25) is 0 Å². The van der Waals surface area contributed by atoms with Crippen molar-refractivity contribution in [1.82, 2.24) is 5.32 Å². The molecule has 0 radical (unpaired) electrons. The molecule has 0 saturated carbocycles. The summed E-state index contributed by atoms with van der Waals surface area (Å²) < 4.78 is 0. The molecule has 0 heterocycles. The summed E-state index contributed by atoms with van der Waals surface area (Å²) in [5, 5.41) is 4.57. The first-order valence-corrected chi connectivity index (χ1v) is 7.40. The third kappa shape index (κ3) is 16.3. The van der Waals surface area contributed by atoms with Crippen LogP contribution in [0.15, 0.2) is 24.3 Å². The molecule has 0 amide bonds. The number of alkyl halides is 2. The Balaban J connectivity index is 0. The van der Waals surface area contributed by atoms with E-state index in [9.17, 15) is 0 Å². The molecule has 1 atom stereocenters. The molecule has 0 bridgehead atoms. The van der Waals surface area contributed by atoms with Crippen molar-refractivity contribution in [3.63, 3.8) is 0 Å². The van der Waals surface area contributed by atoms with Crippen LogP contribution < -0.4 is 5.32 Å². The van der Waals surface area contributed by atoms with Crippen LogP contribution in [0.1, 0.15) is 26.3 Å². The van der Waals surface area contributed by atoms with Gasteiger partial charge in [-0.2, -0.15) is 0 Å². The normalized spacial score (nSPS) is 11.3. The van der Waals surface area contributed by atoms with Crippen LogP contribution in [0.5, 0.6) is 0 Å². The first-order valence-electron chi connectivity index (χ1n) is 6.15.